The number of hydrogen-bond acceptors (Lipinski definition) is 5. The molecule has 0 spiro atoms. The summed E-state index contributed by atoms with van der Waals surface area (Å²) in [5, 5.41) is 20.3. The fourth-order valence-corrected chi connectivity index (χ4v) is 2.74. The first-order chi connectivity index (χ1) is 12.2. The quantitative estimate of drug-likeness (QED) is 0.370. The van der Waals surface area contributed by atoms with E-state index in [2.05, 4.69) is 11.0 Å². The number of benzene rings is 2. The Labute approximate surface area is 145 Å². The second-order valence-electron chi connectivity index (χ2n) is 5.67. The van der Waals surface area contributed by atoms with Crippen molar-refractivity contribution in [2.24, 2.45) is 0 Å². The number of ether oxygens (including phenoxy) is 1. The molecule has 1 fully saturated rings. The number of non-ortho nitro benzene ring substituents is 1. The Hall–Kier alpha value is -3.17. The first-order valence-corrected chi connectivity index (χ1v) is 7.97. The normalized spacial score (nSPS) is 14.8. The van der Waals surface area contributed by atoms with Gasteiger partial charge in [-0.15, -0.1) is 0 Å². The van der Waals surface area contributed by atoms with Crippen LogP contribution >= 0.6 is 0 Å². The van der Waals surface area contributed by atoms with Gasteiger partial charge in [0.15, 0.2) is 0 Å². The molecule has 1 aliphatic heterocycles. The molecule has 2 aromatic rings. The lowest BCUT2D eigenvalue weighted by Gasteiger charge is -2.28. The predicted octanol–water partition coefficient (Wildman–Crippen LogP) is 3.50. The van der Waals surface area contributed by atoms with Crippen molar-refractivity contribution in [3.8, 4) is 6.07 Å². The molecule has 0 aromatic heterocycles. The minimum atomic E-state index is -0.463. The van der Waals surface area contributed by atoms with E-state index in [1.807, 2.05) is 24.3 Å². The lowest BCUT2D eigenvalue weighted by Crippen LogP contribution is -2.36. The summed E-state index contributed by atoms with van der Waals surface area (Å²) >= 11 is 0. The average molecular weight is 335 g/mol. The minimum absolute atomic E-state index is 0.0266. The second kappa shape index (κ2) is 7.60. The van der Waals surface area contributed by atoms with E-state index in [0.29, 0.717) is 11.1 Å². The van der Waals surface area contributed by atoms with Gasteiger partial charge in [-0.25, -0.2) is 0 Å². The van der Waals surface area contributed by atoms with Gasteiger partial charge in [-0.3, -0.25) is 10.1 Å². The number of morpholine rings is 1. The van der Waals surface area contributed by atoms with E-state index in [9.17, 15) is 15.4 Å². The lowest BCUT2D eigenvalue weighted by atomic mass is 10.0. The molecule has 0 unspecified atom stereocenters. The van der Waals surface area contributed by atoms with Crippen LogP contribution in [0.1, 0.15) is 11.1 Å². The molecule has 0 aliphatic carbocycles. The van der Waals surface area contributed by atoms with Gasteiger partial charge in [0, 0.05) is 30.9 Å². The Balaban J connectivity index is 1.83. The maximum atomic E-state index is 10.9. The van der Waals surface area contributed by atoms with Crippen LogP contribution in [0.2, 0.25) is 0 Å². The zero-order valence-corrected chi connectivity index (χ0v) is 13.6. The topological polar surface area (TPSA) is 79.4 Å². The van der Waals surface area contributed by atoms with Gasteiger partial charge in [0.1, 0.15) is 0 Å². The SMILES string of the molecule is N#C/C(=C\c1ccc(N2CCOCC2)cc1)c1cccc([N+](=O)[O-])c1. The van der Waals surface area contributed by atoms with Gasteiger partial charge in [0.25, 0.3) is 5.69 Å². The van der Waals surface area contributed by atoms with Crippen LogP contribution in [0.4, 0.5) is 11.4 Å². The molecule has 1 saturated heterocycles. The largest absolute Gasteiger partial charge is 0.378 e. The molecule has 6 nitrogen and oxygen atoms in total. The number of allylic oxidation sites excluding steroid dienone is 1. The highest BCUT2D eigenvalue weighted by molar-refractivity contribution is 5.90. The molecule has 0 bridgehead atoms. The minimum Gasteiger partial charge on any atom is -0.378 e. The van der Waals surface area contributed by atoms with Crippen LogP contribution in [0, 0.1) is 21.4 Å². The van der Waals surface area contributed by atoms with Crippen molar-refractivity contribution in [3.63, 3.8) is 0 Å². The summed E-state index contributed by atoms with van der Waals surface area (Å²) < 4.78 is 5.35. The molecule has 0 radical (unpaired) electrons. The first kappa shape index (κ1) is 16.7. The van der Waals surface area contributed by atoms with Gasteiger partial charge in [-0.05, 0) is 29.3 Å². The molecule has 126 valence electrons. The van der Waals surface area contributed by atoms with E-state index >= 15 is 0 Å². The summed E-state index contributed by atoms with van der Waals surface area (Å²) in [5.74, 6) is 0. The summed E-state index contributed by atoms with van der Waals surface area (Å²) in [4.78, 5) is 12.7. The molecule has 25 heavy (non-hydrogen) atoms. The van der Waals surface area contributed by atoms with Crippen LogP contribution in [-0.4, -0.2) is 31.2 Å². The van der Waals surface area contributed by atoms with E-state index in [4.69, 9.17) is 4.74 Å². The van der Waals surface area contributed by atoms with Gasteiger partial charge in [-0.1, -0.05) is 24.3 Å². The van der Waals surface area contributed by atoms with Crippen molar-refractivity contribution in [1.82, 2.24) is 0 Å². The fourth-order valence-electron chi connectivity index (χ4n) is 2.74. The van der Waals surface area contributed by atoms with Crippen molar-refractivity contribution >= 4 is 23.0 Å². The molecule has 0 amide bonds. The van der Waals surface area contributed by atoms with Crippen molar-refractivity contribution in [2.45, 2.75) is 0 Å². The number of nitro groups is 1. The monoisotopic (exact) mass is 335 g/mol. The van der Waals surface area contributed by atoms with Crippen LogP contribution in [0.5, 0.6) is 0 Å². The van der Waals surface area contributed by atoms with E-state index in [1.54, 1.807) is 18.2 Å². The maximum Gasteiger partial charge on any atom is 0.270 e. The lowest BCUT2D eigenvalue weighted by molar-refractivity contribution is -0.384. The van der Waals surface area contributed by atoms with Crippen LogP contribution in [-0.2, 0) is 4.74 Å². The predicted molar refractivity (Wildman–Crippen MR) is 96.1 cm³/mol. The molecule has 1 heterocycles. The van der Waals surface area contributed by atoms with Crippen molar-refractivity contribution in [1.29, 1.82) is 5.26 Å². The van der Waals surface area contributed by atoms with E-state index in [-0.39, 0.29) is 5.69 Å². The number of nitro benzene ring substituents is 1. The number of hydrogen-bond donors (Lipinski definition) is 0. The van der Waals surface area contributed by atoms with Crippen LogP contribution in [0.3, 0.4) is 0 Å². The van der Waals surface area contributed by atoms with Gasteiger partial charge in [0.05, 0.1) is 29.8 Å². The van der Waals surface area contributed by atoms with Gasteiger partial charge >= 0.3 is 0 Å². The Morgan fingerprint density at radius 3 is 2.56 bits per heavy atom. The summed E-state index contributed by atoms with van der Waals surface area (Å²) in [6.45, 7) is 3.19. The summed E-state index contributed by atoms with van der Waals surface area (Å²) in [6, 6.07) is 16.1. The molecule has 6 heteroatoms. The number of nitrogens with zero attached hydrogens (tertiary/aromatic N) is 3. The van der Waals surface area contributed by atoms with Crippen LogP contribution in [0.15, 0.2) is 48.5 Å². The number of anilines is 1. The van der Waals surface area contributed by atoms with Crippen molar-refractivity contribution < 1.29 is 9.66 Å². The first-order valence-electron chi connectivity index (χ1n) is 7.97. The molecule has 0 saturated carbocycles. The Kier molecular flexibility index (Phi) is 5.07. The third kappa shape index (κ3) is 4.03. The smallest absolute Gasteiger partial charge is 0.270 e. The zero-order valence-electron chi connectivity index (χ0n) is 13.6. The standard InChI is InChI=1S/C19H17N3O3/c20-14-17(16-2-1-3-19(13-16)22(23)24)12-15-4-6-18(7-5-15)21-8-10-25-11-9-21/h1-7,12-13H,8-11H2/b17-12+. The maximum absolute atomic E-state index is 10.9. The van der Waals surface area contributed by atoms with Gasteiger partial charge < -0.3 is 9.64 Å². The molecular weight excluding hydrogens is 318 g/mol. The second-order valence-corrected chi connectivity index (χ2v) is 5.67. The highest BCUT2D eigenvalue weighted by Crippen LogP contribution is 2.23. The molecule has 3 rings (SSSR count). The highest BCUT2D eigenvalue weighted by atomic mass is 16.6. The number of nitriles is 1. The Bertz CT molecular complexity index is 832. The molecule has 1 aliphatic rings. The highest BCUT2D eigenvalue weighted by Gasteiger charge is 2.11. The fraction of sp³-hybridized carbons (Fsp3) is 0.211. The van der Waals surface area contributed by atoms with Crippen LogP contribution in [0.25, 0.3) is 11.6 Å². The zero-order chi connectivity index (χ0) is 17.6. The molecule has 0 N–H and O–H groups in total. The summed E-state index contributed by atoms with van der Waals surface area (Å²) in [5.41, 5.74) is 2.90. The van der Waals surface area contributed by atoms with Crippen molar-refractivity contribution in [2.75, 3.05) is 31.2 Å². The van der Waals surface area contributed by atoms with Crippen molar-refractivity contribution in [3.05, 3.63) is 69.8 Å². The summed E-state index contributed by atoms with van der Waals surface area (Å²) in [6.07, 6.45) is 1.74. The van der Waals surface area contributed by atoms with E-state index < -0.39 is 4.92 Å². The Morgan fingerprint density at radius 2 is 1.92 bits per heavy atom. The third-order valence-corrected chi connectivity index (χ3v) is 4.07. The van der Waals surface area contributed by atoms with Crippen LogP contribution < -0.4 is 4.90 Å². The molecule has 2 aromatic carbocycles. The summed E-state index contributed by atoms with van der Waals surface area (Å²) in [7, 11) is 0. The number of rotatable bonds is 4. The average Bonchev–Trinajstić information content (AvgIpc) is 2.67. The Morgan fingerprint density at radius 1 is 1.20 bits per heavy atom. The van der Waals surface area contributed by atoms with Gasteiger partial charge in [0.2, 0.25) is 0 Å². The van der Waals surface area contributed by atoms with E-state index in [0.717, 1.165) is 37.6 Å². The molecular formula is C19H17N3O3. The molecule has 0 atom stereocenters. The van der Waals surface area contributed by atoms with E-state index in [1.165, 1.54) is 12.1 Å². The third-order valence-electron chi connectivity index (χ3n) is 4.07. The van der Waals surface area contributed by atoms with Gasteiger partial charge in [-0.2, -0.15) is 5.26 Å².